The molecule has 0 aliphatic carbocycles. The van der Waals surface area contributed by atoms with Crippen molar-refractivity contribution in [2.24, 2.45) is 0 Å². The fourth-order valence-corrected chi connectivity index (χ4v) is 2.58. The zero-order valence-corrected chi connectivity index (χ0v) is 14.5. The van der Waals surface area contributed by atoms with E-state index in [4.69, 9.17) is 4.42 Å². The van der Waals surface area contributed by atoms with E-state index in [1.165, 1.54) is 18.2 Å². The van der Waals surface area contributed by atoms with Gasteiger partial charge in [-0.1, -0.05) is 0 Å². The van der Waals surface area contributed by atoms with Gasteiger partial charge in [-0.25, -0.2) is 18.7 Å². The zero-order valence-electron chi connectivity index (χ0n) is 14.5. The number of aromatic nitrogens is 6. The fourth-order valence-electron chi connectivity index (χ4n) is 2.58. The molecule has 4 rings (SSSR count). The first-order valence-corrected chi connectivity index (χ1v) is 8.21. The van der Waals surface area contributed by atoms with E-state index in [0.717, 1.165) is 6.20 Å². The molecule has 0 radical (unpaired) electrons. The Morgan fingerprint density at radius 1 is 1.07 bits per heavy atom. The molecule has 9 heteroatoms. The lowest BCUT2D eigenvalue weighted by Crippen LogP contribution is -1.96. The summed E-state index contributed by atoms with van der Waals surface area (Å²) in [6.45, 7) is 4.18. The Bertz CT molecular complexity index is 1100. The third kappa shape index (κ3) is 3.19. The molecule has 0 saturated carbocycles. The van der Waals surface area contributed by atoms with Crippen LogP contribution in [0.2, 0.25) is 0 Å². The second-order valence-electron chi connectivity index (χ2n) is 5.81. The molecule has 27 heavy (non-hydrogen) atoms. The van der Waals surface area contributed by atoms with Crippen molar-refractivity contribution in [1.82, 2.24) is 29.9 Å². The highest BCUT2D eigenvalue weighted by Gasteiger charge is 2.18. The Morgan fingerprint density at radius 2 is 1.85 bits per heavy atom. The van der Waals surface area contributed by atoms with Crippen molar-refractivity contribution in [2.75, 3.05) is 0 Å². The summed E-state index contributed by atoms with van der Waals surface area (Å²) < 4.78 is 34.9. The molecule has 0 aliphatic rings. The Kier molecular flexibility index (Phi) is 4.19. The molecule has 0 atom stereocenters. The van der Waals surface area contributed by atoms with Gasteiger partial charge in [0.2, 0.25) is 0 Å². The summed E-state index contributed by atoms with van der Waals surface area (Å²) in [6.07, 6.45) is 4.40. The van der Waals surface area contributed by atoms with Crippen molar-refractivity contribution < 1.29 is 13.2 Å². The first kappa shape index (κ1) is 17.0. The molecule has 0 amide bonds. The van der Waals surface area contributed by atoms with Crippen molar-refractivity contribution in [2.45, 2.75) is 20.4 Å². The maximum absolute atomic E-state index is 14.6. The maximum atomic E-state index is 14.6. The van der Waals surface area contributed by atoms with Crippen LogP contribution in [0.1, 0.15) is 12.6 Å². The predicted octanol–water partition coefficient (Wildman–Crippen LogP) is 3.66. The standard InChI is InChI=1S/C18H14F2N6O/c1-3-26-9-11(7-22-26)13-6-15(23-10(2)16(13)20)18-25-24-17(27-18)14-5-4-12(19)8-21-14/h4-9H,3H2,1-2H3. The van der Waals surface area contributed by atoms with Crippen LogP contribution in [0.25, 0.3) is 34.3 Å². The van der Waals surface area contributed by atoms with Gasteiger partial charge in [-0.05, 0) is 32.0 Å². The molecule has 7 nitrogen and oxygen atoms in total. The van der Waals surface area contributed by atoms with Gasteiger partial charge in [-0.2, -0.15) is 5.10 Å². The highest BCUT2D eigenvalue weighted by atomic mass is 19.1. The molecule has 4 aromatic rings. The van der Waals surface area contributed by atoms with Crippen LogP contribution in [-0.4, -0.2) is 29.9 Å². The van der Waals surface area contributed by atoms with Crippen molar-refractivity contribution in [3.8, 4) is 34.3 Å². The molecule has 4 heterocycles. The Labute approximate surface area is 152 Å². The van der Waals surface area contributed by atoms with Crippen molar-refractivity contribution >= 4 is 0 Å². The van der Waals surface area contributed by atoms with E-state index in [1.807, 2.05) is 6.92 Å². The van der Waals surface area contributed by atoms with Crippen LogP contribution in [0, 0.1) is 18.6 Å². The lowest BCUT2D eigenvalue weighted by atomic mass is 10.1. The van der Waals surface area contributed by atoms with Gasteiger partial charge in [0.05, 0.1) is 18.1 Å². The minimum absolute atomic E-state index is 0.114. The summed E-state index contributed by atoms with van der Waals surface area (Å²) in [4.78, 5) is 8.10. The van der Waals surface area contributed by atoms with Crippen molar-refractivity contribution in [3.05, 3.63) is 54.1 Å². The van der Waals surface area contributed by atoms with Gasteiger partial charge in [0, 0.05) is 23.9 Å². The minimum Gasteiger partial charge on any atom is -0.413 e. The van der Waals surface area contributed by atoms with Crippen LogP contribution in [-0.2, 0) is 6.54 Å². The first-order chi connectivity index (χ1) is 13.0. The first-order valence-electron chi connectivity index (χ1n) is 8.21. The summed E-state index contributed by atoms with van der Waals surface area (Å²) in [5.41, 5.74) is 1.83. The molecule has 4 aromatic heterocycles. The predicted molar refractivity (Wildman–Crippen MR) is 92.3 cm³/mol. The van der Waals surface area contributed by atoms with Crippen LogP contribution in [0.4, 0.5) is 8.78 Å². The van der Waals surface area contributed by atoms with Gasteiger partial charge >= 0.3 is 0 Å². The van der Waals surface area contributed by atoms with Crippen molar-refractivity contribution in [1.29, 1.82) is 0 Å². The third-order valence-electron chi connectivity index (χ3n) is 3.98. The quantitative estimate of drug-likeness (QED) is 0.547. The minimum atomic E-state index is -0.466. The van der Waals surface area contributed by atoms with Gasteiger partial charge in [0.1, 0.15) is 17.2 Å². The molecule has 0 aliphatic heterocycles. The summed E-state index contributed by atoms with van der Waals surface area (Å²) in [6, 6.07) is 4.21. The fraction of sp³-hybridized carbons (Fsp3) is 0.167. The van der Waals surface area contributed by atoms with Crippen LogP contribution >= 0.6 is 0 Å². The second kappa shape index (κ2) is 6.67. The average Bonchev–Trinajstić information content (AvgIpc) is 3.34. The highest BCUT2D eigenvalue weighted by Crippen LogP contribution is 2.29. The maximum Gasteiger partial charge on any atom is 0.266 e. The molecule has 136 valence electrons. The zero-order chi connectivity index (χ0) is 19.0. The Balaban J connectivity index is 1.75. The Hall–Kier alpha value is -3.49. The van der Waals surface area contributed by atoms with Gasteiger partial charge < -0.3 is 4.42 Å². The van der Waals surface area contributed by atoms with Crippen LogP contribution in [0.3, 0.4) is 0 Å². The number of hydrogen-bond acceptors (Lipinski definition) is 6. The van der Waals surface area contributed by atoms with Crippen LogP contribution < -0.4 is 0 Å². The molecule has 0 aromatic carbocycles. The van der Waals surface area contributed by atoms with E-state index >= 15 is 0 Å². The summed E-state index contributed by atoms with van der Waals surface area (Å²) in [5.74, 6) is -0.668. The largest absolute Gasteiger partial charge is 0.413 e. The summed E-state index contributed by atoms with van der Waals surface area (Å²) in [7, 11) is 0. The third-order valence-corrected chi connectivity index (χ3v) is 3.98. The number of pyridine rings is 2. The Morgan fingerprint density at radius 3 is 2.52 bits per heavy atom. The number of rotatable bonds is 4. The van der Waals surface area contributed by atoms with Crippen LogP contribution in [0.5, 0.6) is 0 Å². The van der Waals surface area contributed by atoms with E-state index in [9.17, 15) is 8.78 Å². The van der Waals surface area contributed by atoms with Gasteiger partial charge in [0.15, 0.2) is 5.82 Å². The van der Waals surface area contributed by atoms with E-state index in [2.05, 4.69) is 25.3 Å². The van der Waals surface area contributed by atoms with E-state index in [0.29, 0.717) is 29.1 Å². The summed E-state index contributed by atoms with van der Waals surface area (Å²) in [5, 5.41) is 12.0. The number of hydrogen-bond donors (Lipinski definition) is 0. The normalized spacial score (nSPS) is 11.1. The number of halogens is 2. The molecule has 0 fully saturated rings. The highest BCUT2D eigenvalue weighted by molar-refractivity contribution is 5.68. The van der Waals surface area contributed by atoms with Gasteiger partial charge in [-0.15, -0.1) is 10.2 Å². The smallest absolute Gasteiger partial charge is 0.266 e. The van der Waals surface area contributed by atoms with E-state index in [1.54, 1.807) is 24.0 Å². The molecule has 0 unspecified atom stereocenters. The second-order valence-corrected chi connectivity index (χ2v) is 5.81. The van der Waals surface area contributed by atoms with E-state index < -0.39 is 11.6 Å². The lowest BCUT2D eigenvalue weighted by molar-refractivity contribution is 0.575. The molecule has 0 spiro atoms. The summed E-state index contributed by atoms with van der Waals surface area (Å²) >= 11 is 0. The molecule has 0 N–H and O–H groups in total. The van der Waals surface area contributed by atoms with Crippen LogP contribution in [0.15, 0.2) is 41.2 Å². The average molecular weight is 368 g/mol. The van der Waals surface area contributed by atoms with Crippen molar-refractivity contribution in [3.63, 3.8) is 0 Å². The van der Waals surface area contributed by atoms with Gasteiger partial charge in [-0.3, -0.25) is 4.68 Å². The van der Waals surface area contributed by atoms with E-state index in [-0.39, 0.29) is 17.5 Å². The molecular weight excluding hydrogens is 354 g/mol. The monoisotopic (exact) mass is 368 g/mol. The number of aryl methyl sites for hydroxylation is 2. The van der Waals surface area contributed by atoms with Gasteiger partial charge in [0.25, 0.3) is 11.8 Å². The lowest BCUT2D eigenvalue weighted by Gasteiger charge is -2.05. The topological polar surface area (TPSA) is 82.5 Å². The molecular formula is C18H14F2N6O. The SMILES string of the molecule is CCn1cc(-c2cc(-c3nnc(-c4ccc(F)cn4)o3)nc(C)c2F)cn1. The number of nitrogens with zero attached hydrogens (tertiary/aromatic N) is 6. The molecule has 0 saturated heterocycles. The molecule has 0 bridgehead atoms.